The average Bonchev–Trinajstić information content (AvgIpc) is 3.40. The SMILES string of the molecule is COCCOc1ccc(-c2ccnc(C(=O)Nc3cc(CN4CCCC(N)C4)cc(-n4cnc(C)c4)c3)c2)cc1. The monoisotopic (exact) mass is 540 g/mol. The van der Waals surface area contributed by atoms with E-state index < -0.39 is 0 Å². The number of amides is 1. The van der Waals surface area contributed by atoms with Crippen LogP contribution in [0.4, 0.5) is 5.69 Å². The first-order valence-corrected chi connectivity index (χ1v) is 13.6. The first kappa shape index (κ1) is 27.5. The van der Waals surface area contributed by atoms with Gasteiger partial charge in [-0.15, -0.1) is 0 Å². The Morgan fingerprint density at radius 2 is 1.93 bits per heavy atom. The van der Waals surface area contributed by atoms with Gasteiger partial charge in [0.2, 0.25) is 0 Å². The maximum Gasteiger partial charge on any atom is 0.274 e. The number of aromatic nitrogens is 3. The van der Waals surface area contributed by atoms with E-state index in [-0.39, 0.29) is 11.9 Å². The molecule has 2 aromatic carbocycles. The van der Waals surface area contributed by atoms with Crippen molar-refractivity contribution in [1.29, 1.82) is 0 Å². The Bertz CT molecular complexity index is 1440. The van der Waals surface area contributed by atoms with Crippen molar-refractivity contribution in [2.45, 2.75) is 32.4 Å². The minimum absolute atomic E-state index is 0.199. The van der Waals surface area contributed by atoms with Gasteiger partial charge in [-0.2, -0.15) is 0 Å². The van der Waals surface area contributed by atoms with Crippen LogP contribution < -0.4 is 15.8 Å². The summed E-state index contributed by atoms with van der Waals surface area (Å²) < 4.78 is 12.7. The second-order valence-electron chi connectivity index (χ2n) is 10.2. The first-order valence-electron chi connectivity index (χ1n) is 13.6. The normalized spacial score (nSPS) is 15.6. The molecule has 3 heterocycles. The number of pyridine rings is 1. The van der Waals surface area contributed by atoms with Gasteiger partial charge >= 0.3 is 0 Å². The highest BCUT2D eigenvalue weighted by atomic mass is 16.5. The van der Waals surface area contributed by atoms with E-state index in [0.29, 0.717) is 24.6 Å². The fourth-order valence-corrected chi connectivity index (χ4v) is 4.96. The number of aryl methyl sites for hydroxylation is 1. The second kappa shape index (κ2) is 12.9. The van der Waals surface area contributed by atoms with E-state index in [1.807, 2.05) is 60.2 Å². The number of rotatable bonds is 10. The van der Waals surface area contributed by atoms with E-state index in [9.17, 15) is 4.79 Å². The van der Waals surface area contributed by atoms with Crippen molar-refractivity contribution in [3.8, 4) is 22.6 Å². The lowest BCUT2D eigenvalue weighted by Crippen LogP contribution is -2.42. The number of carbonyl (C=O) groups is 1. The van der Waals surface area contributed by atoms with Gasteiger partial charge < -0.3 is 25.1 Å². The van der Waals surface area contributed by atoms with Crippen molar-refractivity contribution >= 4 is 11.6 Å². The lowest BCUT2D eigenvalue weighted by molar-refractivity contribution is 0.102. The predicted molar refractivity (Wildman–Crippen MR) is 156 cm³/mol. The summed E-state index contributed by atoms with van der Waals surface area (Å²) in [5.41, 5.74) is 12.1. The van der Waals surface area contributed by atoms with E-state index in [4.69, 9.17) is 15.2 Å². The summed E-state index contributed by atoms with van der Waals surface area (Å²) in [5.74, 6) is 0.495. The first-order chi connectivity index (χ1) is 19.5. The van der Waals surface area contributed by atoms with Gasteiger partial charge in [0, 0.05) is 50.0 Å². The third-order valence-corrected chi connectivity index (χ3v) is 6.93. The van der Waals surface area contributed by atoms with Gasteiger partial charge in [0.25, 0.3) is 5.91 Å². The van der Waals surface area contributed by atoms with Gasteiger partial charge in [0.1, 0.15) is 18.1 Å². The van der Waals surface area contributed by atoms with E-state index in [1.165, 1.54) is 0 Å². The molecule has 2 aromatic heterocycles. The fraction of sp³-hybridized carbons (Fsp3) is 0.323. The zero-order valence-electron chi connectivity index (χ0n) is 23.0. The molecule has 0 spiro atoms. The molecule has 9 heteroatoms. The lowest BCUT2D eigenvalue weighted by atomic mass is 10.0. The maximum absolute atomic E-state index is 13.3. The number of likely N-dealkylation sites (tertiary alicyclic amines) is 1. The summed E-state index contributed by atoms with van der Waals surface area (Å²) in [4.78, 5) is 24.4. The van der Waals surface area contributed by atoms with Crippen LogP contribution in [0.2, 0.25) is 0 Å². The van der Waals surface area contributed by atoms with Crippen molar-refractivity contribution in [1.82, 2.24) is 19.4 Å². The number of nitrogens with zero attached hydrogens (tertiary/aromatic N) is 4. The molecule has 1 fully saturated rings. The van der Waals surface area contributed by atoms with Crippen LogP contribution in [0.3, 0.4) is 0 Å². The van der Waals surface area contributed by atoms with Crippen LogP contribution in [0.25, 0.3) is 16.8 Å². The van der Waals surface area contributed by atoms with Gasteiger partial charge in [-0.05, 0) is 85.5 Å². The van der Waals surface area contributed by atoms with Crippen molar-refractivity contribution in [3.05, 3.63) is 90.3 Å². The van der Waals surface area contributed by atoms with Gasteiger partial charge in [-0.1, -0.05) is 12.1 Å². The van der Waals surface area contributed by atoms with Crippen LogP contribution in [-0.4, -0.2) is 64.8 Å². The molecule has 1 saturated heterocycles. The fourth-order valence-electron chi connectivity index (χ4n) is 4.96. The molecule has 4 aromatic rings. The molecule has 208 valence electrons. The summed E-state index contributed by atoms with van der Waals surface area (Å²) in [6.45, 7) is 5.62. The smallest absolute Gasteiger partial charge is 0.274 e. The number of carbonyl (C=O) groups excluding carboxylic acids is 1. The molecule has 1 aliphatic rings. The number of anilines is 1. The van der Waals surface area contributed by atoms with E-state index in [0.717, 1.165) is 66.3 Å². The van der Waals surface area contributed by atoms with Gasteiger partial charge in [-0.25, -0.2) is 4.98 Å². The number of imidazole rings is 1. The number of piperidine rings is 1. The van der Waals surface area contributed by atoms with Crippen LogP contribution in [0, 0.1) is 6.92 Å². The highest BCUT2D eigenvalue weighted by Crippen LogP contribution is 2.25. The summed E-state index contributed by atoms with van der Waals surface area (Å²) >= 11 is 0. The lowest BCUT2D eigenvalue weighted by Gasteiger charge is -2.30. The van der Waals surface area contributed by atoms with Crippen LogP contribution in [0.15, 0.2) is 73.3 Å². The van der Waals surface area contributed by atoms with Crippen LogP contribution in [-0.2, 0) is 11.3 Å². The number of nitrogens with one attached hydrogen (secondary N) is 1. The highest BCUT2D eigenvalue weighted by Gasteiger charge is 2.18. The third-order valence-electron chi connectivity index (χ3n) is 6.93. The molecule has 0 bridgehead atoms. The van der Waals surface area contributed by atoms with E-state index in [1.54, 1.807) is 25.7 Å². The van der Waals surface area contributed by atoms with Crippen molar-refractivity contribution in [2.75, 3.05) is 38.7 Å². The molecule has 1 amide bonds. The highest BCUT2D eigenvalue weighted by molar-refractivity contribution is 6.03. The van der Waals surface area contributed by atoms with Crippen LogP contribution >= 0.6 is 0 Å². The van der Waals surface area contributed by atoms with Crippen molar-refractivity contribution in [2.24, 2.45) is 5.73 Å². The molecule has 1 aliphatic heterocycles. The predicted octanol–water partition coefficient (Wildman–Crippen LogP) is 4.44. The number of benzene rings is 2. The molecule has 1 atom stereocenters. The molecule has 0 saturated carbocycles. The summed E-state index contributed by atoms with van der Waals surface area (Å²) in [6.07, 6.45) is 7.57. The standard InChI is InChI=1S/C31H36N6O3/c1-22-18-37(21-34-22)28-15-23(19-36-11-3-4-26(32)20-36)14-27(17-28)35-31(38)30-16-25(9-10-33-30)24-5-7-29(8-6-24)40-13-12-39-2/h5-10,14-18,21,26H,3-4,11-13,19-20,32H2,1-2H3,(H,35,38). The number of hydrogen-bond donors (Lipinski definition) is 2. The Morgan fingerprint density at radius 3 is 2.67 bits per heavy atom. The second-order valence-corrected chi connectivity index (χ2v) is 10.2. The van der Waals surface area contributed by atoms with E-state index in [2.05, 4.69) is 26.3 Å². The quantitative estimate of drug-likeness (QED) is 0.286. The minimum Gasteiger partial charge on any atom is -0.491 e. The molecular formula is C31H36N6O3. The molecule has 1 unspecified atom stereocenters. The maximum atomic E-state index is 13.3. The van der Waals surface area contributed by atoms with E-state index >= 15 is 0 Å². The molecule has 3 N–H and O–H groups in total. The zero-order valence-corrected chi connectivity index (χ0v) is 23.0. The van der Waals surface area contributed by atoms with Crippen molar-refractivity contribution < 1.29 is 14.3 Å². The number of methoxy groups -OCH3 is 1. The number of hydrogen-bond acceptors (Lipinski definition) is 7. The molecule has 0 aliphatic carbocycles. The Morgan fingerprint density at radius 1 is 1.07 bits per heavy atom. The molecule has 9 nitrogen and oxygen atoms in total. The average molecular weight is 541 g/mol. The molecular weight excluding hydrogens is 504 g/mol. The topological polar surface area (TPSA) is 108 Å². The minimum atomic E-state index is -0.272. The Labute approximate surface area is 235 Å². The van der Waals surface area contributed by atoms with Crippen LogP contribution in [0.1, 0.15) is 34.6 Å². The number of ether oxygens (including phenoxy) is 2. The molecule has 40 heavy (non-hydrogen) atoms. The van der Waals surface area contributed by atoms with Gasteiger partial charge in [0.05, 0.1) is 18.6 Å². The van der Waals surface area contributed by atoms with Gasteiger partial charge in [0.15, 0.2) is 0 Å². The van der Waals surface area contributed by atoms with Crippen molar-refractivity contribution in [3.63, 3.8) is 0 Å². The summed E-state index contributed by atoms with van der Waals surface area (Å²) in [6, 6.07) is 17.8. The Kier molecular flexibility index (Phi) is 8.85. The molecule has 5 rings (SSSR count). The largest absolute Gasteiger partial charge is 0.491 e. The Hall–Kier alpha value is -4.05. The number of nitrogens with two attached hydrogens (primary N) is 1. The molecule has 0 radical (unpaired) electrons. The summed E-state index contributed by atoms with van der Waals surface area (Å²) in [5, 5.41) is 3.07. The summed E-state index contributed by atoms with van der Waals surface area (Å²) in [7, 11) is 1.64. The Balaban J connectivity index is 1.34. The van der Waals surface area contributed by atoms with Gasteiger partial charge in [-0.3, -0.25) is 14.7 Å². The van der Waals surface area contributed by atoms with Crippen LogP contribution in [0.5, 0.6) is 5.75 Å². The zero-order chi connectivity index (χ0) is 27.9. The third kappa shape index (κ3) is 7.12.